The van der Waals surface area contributed by atoms with Gasteiger partial charge in [0.15, 0.2) is 0 Å². The number of hydrogen-bond acceptors (Lipinski definition) is 3. The molecule has 10 heavy (non-hydrogen) atoms. The summed E-state index contributed by atoms with van der Waals surface area (Å²) >= 11 is 5.12. The van der Waals surface area contributed by atoms with E-state index in [1.165, 1.54) is 0 Å². The smallest absolute Gasteiger partial charge is 0.0346 e. The molecule has 1 aliphatic heterocycles. The third-order valence-electron chi connectivity index (χ3n) is 1.92. The van der Waals surface area contributed by atoms with Crippen molar-refractivity contribution >= 4 is 38.7 Å². The molecule has 0 nitrogen and oxygen atoms in total. The van der Waals surface area contributed by atoms with Gasteiger partial charge < -0.3 is 0 Å². The minimum absolute atomic E-state index is 0.622. The van der Waals surface area contributed by atoms with Crippen LogP contribution in [-0.2, 0) is 0 Å². The Labute approximate surface area is 75.9 Å². The predicted octanol–water partition coefficient (Wildman–Crippen LogP) is 3.16. The highest BCUT2D eigenvalue weighted by Crippen LogP contribution is 2.50. The van der Waals surface area contributed by atoms with Crippen LogP contribution in [0.2, 0.25) is 0 Å². The molecular formula is C7H12S3. The molecule has 0 spiro atoms. The first-order valence-electron chi connectivity index (χ1n) is 3.45. The summed E-state index contributed by atoms with van der Waals surface area (Å²) in [6.07, 6.45) is 0. The van der Waals surface area contributed by atoms with Crippen molar-refractivity contribution < 1.29 is 0 Å². The van der Waals surface area contributed by atoms with Gasteiger partial charge in [-0.1, -0.05) is 47.7 Å². The van der Waals surface area contributed by atoms with Crippen LogP contribution in [0.5, 0.6) is 0 Å². The lowest BCUT2D eigenvalue weighted by atomic mass is 10.0. The molecule has 3 heteroatoms. The van der Waals surface area contributed by atoms with Crippen molar-refractivity contribution in [3.8, 4) is 0 Å². The van der Waals surface area contributed by atoms with Gasteiger partial charge in [0.05, 0.1) is 0 Å². The molecule has 1 saturated heterocycles. The summed E-state index contributed by atoms with van der Waals surface area (Å²) in [7, 11) is 3.95. The fraction of sp³-hybridized carbons (Fsp3) is 0.857. The first-order chi connectivity index (χ1) is 4.63. The quantitative estimate of drug-likeness (QED) is 0.487. The molecule has 1 heterocycles. The molecule has 1 fully saturated rings. The van der Waals surface area contributed by atoms with Crippen LogP contribution < -0.4 is 0 Å². The van der Waals surface area contributed by atoms with E-state index in [0.717, 1.165) is 15.4 Å². The van der Waals surface area contributed by atoms with Crippen molar-refractivity contribution in [2.45, 2.75) is 31.3 Å². The summed E-state index contributed by atoms with van der Waals surface area (Å²) in [6, 6.07) is 0. The number of thiocarbonyl (C=S) groups is 1. The zero-order valence-electron chi connectivity index (χ0n) is 6.46. The van der Waals surface area contributed by atoms with Crippen molar-refractivity contribution in [3.05, 3.63) is 0 Å². The average Bonchev–Trinajstić information content (AvgIpc) is 1.84. The maximum Gasteiger partial charge on any atom is 0.0346 e. The van der Waals surface area contributed by atoms with Crippen molar-refractivity contribution in [1.82, 2.24) is 0 Å². The second kappa shape index (κ2) is 3.46. The van der Waals surface area contributed by atoms with Crippen LogP contribution in [0, 0.1) is 5.92 Å². The van der Waals surface area contributed by atoms with E-state index in [-0.39, 0.29) is 0 Å². The van der Waals surface area contributed by atoms with Crippen LogP contribution in [0.25, 0.3) is 0 Å². The molecule has 0 aliphatic carbocycles. The third kappa shape index (κ3) is 1.69. The average molecular weight is 192 g/mol. The lowest BCUT2D eigenvalue weighted by molar-refractivity contribution is 0.699. The van der Waals surface area contributed by atoms with Gasteiger partial charge in [0.1, 0.15) is 0 Å². The molecule has 0 aromatic heterocycles. The maximum absolute atomic E-state index is 5.12. The monoisotopic (exact) mass is 192 g/mol. The van der Waals surface area contributed by atoms with Gasteiger partial charge in [-0.25, -0.2) is 0 Å². The summed E-state index contributed by atoms with van der Waals surface area (Å²) in [5.74, 6) is 0.622. The van der Waals surface area contributed by atoms with Gasteiger partial charge in [0.25, 0.3) is 0 Å². The van der Waals surface area contributed by atoms with Crippen LogP contribution in [0.15, 0.2) is 0 Å². The minimum atomic E-state index is 0.622. The SMILES string of the molecule is CC(=S)C(C)[C@H]1SS[C@@H]1C. The second-order valence-electron chi connectivity index (χ2n) is 2.76. The standard InChI is InChI=1S/C7H12S3/c1-4(5(2)8)7-6(3)9-10-7/h4,6-7H,1-3H3/t4?,6-,7-/m1/s1. The van der Waals surface area contributed by atoms with Gasteiger partial charge in [0.2, 0.25) is 0 Å². The Bertz CT molecular complexity index is 144. The van der Waals surface area contributed by atoms with Crippen LogP contribution in [-0.4, -0.2) is 15.4 Å². The van der Waals surface area contributed by atoms with E-state index < -0.39 is 0 Å². The number of rotatable bonds is 2. The Kier molecular flexibility index (Phi) is 3.07. The molecule has 0 amide bonds. The minimum Gasteiger partial charge on any atom is -0.0897 e. The first-order valence-corrected chi connectivity index (χ1v) is 6.14. The highest BCUT2D eigenvalue weighted by molar-refractivity contribution is 8.80. The van der Waals surface area contributed by atoms with E-state index in [2.05, 4.69) is 20.8 Å². The van der Waals surface area contributed by atoms with Gasteiger partial charge in [-0.15, -0.1) is 0 Å². The van der Waals surface area contributed by atoms with Crippen molar-refractivity contribution in [2.24, 2.45) is 5.92 Å². The van der Waals surface area contributed by atoms with Gasteiger partial charge in [-0.3, -0.25) is 0 Å². The molecule has 0 aromatic rings. The summed E-state index contributed by atoms with van der Waals surface area (Å²) < 4.78 is 0. The molecule has 3 atom stereocenters. The van der Waals surface area contributed by atoms with E-state index in [1.54, 1.807) is 0 Å². The lowest BCUT2D eigenvalue weighted by Gasteiger charge is -2.36. The summed E-state index contributed by atoms with van der Waals surface area (Å²) in [5, 5.41) is 1.58. The molecule has 0 bridgehead atoms. The van der Waals surface area contributed by atoms with Crippen molar-refractivity contribution in [3.63, 3.8) is 0 Å². The van der Waals surface area contributed by atoms with Crippen molar-refractivity contribution in [1.29, 1.82) is 0 Å². The molecule has 1 unspecified atom stereocenters. The molecule has 0 N–H and O–H groups in total. The molecule has 58 valence electrons. The normalized spacial score (nSPS) is 34.7. The van der Waals surface area contributed by atoms with Crippen LogP contribution in [0.3, 0.4) is 0 Å². The van der Waals surface area contributed by atoms with E-state index in [4.69, 9.17) is 12.2 Å². The highest BCUT2D eigenvalue weighted by Gasteiger charge is 2.34. The predicted molar refractivity (Wildman–Crippen MR) is 55.9 cm³/mol. The summed E-state index contributed by atoms with van der Waals surface area (Å²) in [5.41, 5.74) is 0. The van der Waals surface area contributed by atoms with Crippen molar-refractivity contribution in [2.75, 3.05) is 0 Å². The maximum atomic E-state index is 5.12. The Morgan fingerprint density at radius 2 is 2.10 bits per heavy atom. The third-order valence-corrected chi connectivity index (χ3v) is 6.12. The molecule has 0 saturated carbocycles. The van der Waals surface area contributed by atoms with Gasteiger partial charge in [-0.05, 0) is 11.8 Å². The Morgan fingerprint density at radius 3 is 2.20 bits per heavy atom. The zero-order chi connectivity index (χ0) is 7.72. The molecular weight excluding hydrogens is 180 g/mol. The van der Waals surface area contributed by atoms with E-state index in [9.17, 15) is 0 Å². The summed E-state index contributed by atoms with van der Waals surface area (Å²) in [4.78, 5) is 1.16. The number of hydrogen-bond donors (Lipinski definition) is 0. The largest absolute Gasteiger partial charge is 0.0897 e. The van der Waals surface area contributed by atoms with Gasteiger partial charge in [-0.2, -0.15) is 0 Å². The van der Waals surface area contributed by atoms with Crippen LogP contribution in [0.4, 0.5) is 0 Å². The van der Waals surface area contributed by atoms with E-state index in [1.807, 2.05) is 21.6 Å². The fourth-order valence-corrected chi connectivity index (χ4v) is 4.14. The second-order valence-corrected chi connectivity index (χ2v) is 6.23. The van der Waals surface area contributed by atoms with E-state index >= 15 is 0 Å². The highest BCUT2D eigenvalue weighted by atomic mass is 33.1. The molecule has 1 rings (SSSR count). The Morgan fingerprint density at radius 1 is 1.50 bits per heavy atom. The first kappa shape index (κ1) is 8.88. The van der Waals surface area contributed by atoms with E-state index in [0.29, 0.717) is 5.92 Å². The molecule has 0 radical (unpaired) electrons. The molecule has 1 aliphatic rings. The topological polar surface area (TPSA) is 0 Å². The van der Waals surface area contributed by atoms with Crippen LogP contribution in [0.1, 0.15) is 20.8 Å². The van der Waals surface area contributed by atoms with Gasteiger partial charge in [0, 0.05) is 16.4 Å². The fourth-order valence-electron chi connectivity index (χ4n) is 0.952. The molecule has 0 aromatic carbocycles. The lowest BCUT2D eigenvalue weighted by Crippen LogP contribution is -2.33. The Balaban J connectivity index is 2.41. The van der Waals surface area contributed by atoms with Gasteiger partial charge >= 0.3 is 0 Å². The summed E-state index contributed by atoms with van der Waals surface area (Å²) in [6.45, 7) is 6.56. The van der Waals surface area contributed by atoms with Crippen LogP contribution >= 0.6 is 33.8 Å². The zero-order valence-corrected chi connectivity index (χ0v) is 8.91. The Hall–Kier alpha value is 0.790.